The Morgan fingerprint density at radius 2 is 1.76 bits per heavy atom. The number of nitrogens with one attached hydrogen (secondary N) is 1. The van der Waals surface area contributed by atoms with Gasteiger partial charge in [-0.15, -0.1) is 10.2 Å². The van der Waals surface area contributed by atoms with Crippen molar-refractivity contribution in [2.45, 2.75) is 26.6 Å². The van der Waals surface area contributed by atoms with E-state index in [4.69, 9.17) is 9.47 Å². The number of carbonyl (C=O) groups is 1. The third kappa shape index (κ3) is 5.94. The lowest BCUT2D eigenvalue weighted by Crippen LogP contribution is -2.28. The van der Waals surface area contributed by atoms with Crippen LogP contribution in [0.4, 0.5) is 0 Å². The van der Waals surface area contributed by atoms with E-state index >= 15 is 0 Å². The zero-order valence-electron chi connectivity index (χ0n) is 18.6. The first-order valence-corrected chi connectivity index (χ1v) is 10.6. The topological polar surface area (TPSA) is 91.2 Å². The van der Waals surface area contributed by atoms with Gasteiger partial charge in [0.25, 0.3) is 0 Å². The fourth-order valence-corrected chi connectivity index (χ4v) is 3.18. The van der Waals surface area contributed by atoms with Gasteiger partial charge < -0.3 is 14.8 Å². The predicted octanol–water partition coefficient (Wildman–Crippen LogP) is 3.55. The van der Waals surface area contributed by atoms with E-state index in [2.05, 4.69) is 20.7 Å². The van der Waals surface area contributed by atoms with Crippen LogP contribution in [-0.4, -0.2) is 33.2 Å². The molecule has 0 saturated heterocycles. The summed E-state index contributed by atoms with van der Waals surface area (Å²) in [5.74, 6) is 1.39. The number of tetrazole rings is 1. The number of methoxy groups -OCH3 is 1. The van der Waals surface area contributed by atoms with Crippen LogP contribution in [0.3, 0.4) is 0 Å². The highest BCUT2D eigenvalue weighted by molar-refractivity contribution is 5.75. The average molecular weight is 444 g/mol. The second kappa shape index (κ2) is 10.4. The summed E-state index contributed by atoms with van der Waals surface area (Å²) in [6.45, 7) is 2.89. The van der Waals surface area contributed by atoms with Crippen molar-refractivity contribution in [3.05, 3.63) is 89.5 Å². The Morgan fingerprint density at radius 3 is 2.52 bits per heavy atom. The third-order valence-electron chi connectivity index (χ3n) is 5.01. The minimum atomic E-state index is -0.193. The fraction of sp³-hybridized carbons (Fsp3) is 0.200. The molecule has 4 aromatic rings. The van der Waals surface area contributed by atoms with E-state index in [1.165, 1.54) is 10.4 Å². The summed E-state index contributed by atoms with van der Waals surface area (Å²) >= 11 is 0. The standard InChI is InChI=1S/C25H25N5O3/c1-18-8-10-19(11-9-18)15-26-24(31)16-30-28-25(27-29-30)21-12-13-22(23(14-21)32-2)33-17-20-6-4-3-5-7-20/h3-14H,15-17H2,1-2H3,(H,26,31). The first-order chi connectivity index (χ1) is 16.1. The summed E-state index contributed by atoms with van der Waals surface area (Å²) in [6.07, 6.45) is 0. The van der Waals surface area contributed by atoms with Gasteiger partial charge in [-0.3, -0.25) is 4.79 Å². The largest absolute Gasteiger partial charge is 0.493 e. The monoisotopic (exact) mass is 443 g/mol. The van der Waals surface area contributed by atoms with E-state index in [0.717, 1.165) is 11.1 Å². The van der Waals surface area contributed by atoms with E-state index in [0.29, 0.717) is 36.0 Å². The number of amides is 1. The van der Waals surface area contributed by atoms with Gasteiger partial charge >= 0.3 is 0 Å². The molecule has 0 spiro atoms. The molecule has 33 heavy (non-hydrogen) atoms. The van der Waals surface area contributed by atoms with Crippen LogP contribution in [-0.2, 0) is 24.5 Å². The van der Waals surface area contributed by atoms with Crippen LogP contribution in [0.15, 0.2) is 72.8 Å². The first kappa shape index (κ1) is 22.0. The van der Waals surface area contributed by atoms with Crippen molar-refractivity contribution in [3.63, 3.8) is 0 Å². The fourth-order valence-electron chi connectivity index (χ4n) is 3.18. The van der Waals surface area contributed by atoms with Crippen molar-refractivity contribution in [1.82, 2.24) is 25.5 Å². The van der Waals surface area contributed by atoms with Crippen molar-refractivity contribution in [2.75, 3.05) is 7.11 Å². The molecule has 1 heterocycles. The van der Waals surface area contributed by atoms with Gasteiger partial charge in [-0.1, -0.05) is 60.2 Å². The zero-order chi connectivity index (χ0) is 23.0. The van der Waals surface area contributed by atoms with Crippen LogP contribution in [0.5, 0.6) is 11.5 Å². The van der Waals surface area contributed by atoms with Crippen LogP contribution in [0.1, 0.15) is 16.7 Å². The number of hydrogen-bond acceptors (Lipinski definition) is 6. The number of carbonyl (C=O) groups excluding carboxylic acids is 1. The van der Waals surface area contributed by atoms with Crippen molar-refractivity contribution in [3.8, 4) is 22.9 Å². The van der Waals surface area contributed by atoms with Gasteiger partial charge in [0.2, 0.25) is 11.7 Å². The molecule has 4 rings (SSSR count). The Labute approximate surface area is 192 Å². The Balaban J connectivity index is 1.36. The first-order valence-electron chi connectivity index (χ1n) is 10.6. The normalized spacial score (nSPS) is 10.6. The second-order valence-electron chi connectivity index (χ2n) is 7.55. The number of aromatic nitrogens is 4. The molecule has 3 aromatic carbocycles. The summed E-state index contributed by atoms with van der Waals surface area (Å²) in [4.78, 5) is 13.5. The maximum absolute atomic E-state index is 12.3. The van der Waals surface area contributed by atoms with E-state index in [1.54, 1.807) is 13.2 Å². The van der Waals surface area contributed by atoms with Crippen LogP contribution in [0, 0.1) is 6.92 Å². The van der Waals surface area contributed by atoms with E-state index < -0.39 is 0 Å². The lowest BCUT2D eigenvalue weighted by molar-refractivity contribution is -0.122. The van der Waals surface area contributed by atoms with Gasteiger partial charge in [-0.05, 0) is 41.5 Å². The quantitative estimate of drug-likeness (QED) is 0.425. The molecule has 1 N–H and O–H groups in total. The molecule has 0 aliphatic rings. The van der Waals surface area contributed by atoms with E-state index in [9.17, 15) is 4.79 Å². The Hall–Kier alpha value is -4.20. The lowest BCUT2D eigenvalue weighted by atomic mass is 10.1. The van der Waals surface area contributed by atoms with Crippen LogP contribution >= 0.6 is 0 Å². The molecule has 0 aliphatic carbocycles. The Kier molecular flexibility index (Phi) is 6.94. The molecule has 0 saturated carbocycles. The van der Waals surface area contributed by atoms with Gasteiger partial charge in [0, 0.05) is 12.1 Å². The maximum atomic E-state index is 12.3. The van der Waals surface area contributed by atoms with Gasteiger partial charge in [-0.2, -0.15) is 4.80 Å². The van der Waals surface area contributed by atoms with Crippen LogP contribution in [0.25, 0.3) is 11.4 Å². The molecule has 0 fully saturated rings. The molecule has 1 amide bonds. The van der Waals surface area contributed by atoms with Gasteiger partial charge in [-0.25, -0.2) is 0 Å². The van der Waals surface area contributed by atoms with Gasteiger partial charge in [0.1, 0.15) is 13.2 Å². The number of benzene rings is 3. The molecule has 168 valence electrons. The van der Waals surface area contributed by atoms with Gasteiger partial charge in [0.15, 0.2) is 11.5 Å². The summed E-state index contributed by atoms with van der Waals surface area (Å²) in [7, 11) is 1.58. The number of ether oxygens (including phenoxy) is 2. The lowest BCUT2D eigenvalue weighted by Gasteiger charge is -2.11. The molecule has 0 aliphatic heterocycles. The minimum absolute atomic E-state index is 0.0196. The highest BCUT2D eigenvalue weighted by atomic mass is 16.5. The smallest absolute Gasteiger partial charge is 0.243 e. The highest BCUT2D eigenvalue weighted by Crippen LogP contribution is 2.31. The molecule has 8 heteroatoms. The van der Waals surface area contributed by atoms with Crippen molar-refractivity contribution in [2.24, 2.45) is 0 Å². The molecule has 1 aromatic heterocycles. The number of rotatable bonds is 9. The zero-order valence-corrected chi connectivity index (χ0v) is 18.6. The van der Waals surface area contributed by atoms with E-state index in [-0.39, 0.29) is 12.5 Å². The van der Waals surface area contributed by atoms with Gasteiger partial charge in [0.05, 0.1) is 7.11 Å². The van der Waals surface area contributed by atoms with Crippen LogP contribution in [0.2, 0.25) is 0 Å². The molecular weight excluding hydrogens is 418 g/mol. The molecule has 8 nitrogen and oxygen atoms in total. The minimum Gasteiger partial charge on any atom is -0.493 e. The third-order valence-corrected chi connectivity index (χ3v) is 5.01. The summed E-state index contributed by atoms with van der Waals surface area (Å²) in [5.41, 5.74) is 3.99. The summed E-state index contributed by atoms with van der Waals surface area (Å²) < 4.78 is 11.4. The maximum Gasteiger partial charge on any atom is 0.243 e. The summed E-state index contributed by atoms with van der Waals surface area (Å²) in [6, 6.07) is 23.3. The average Bonchev–Trinajstić information content (AvgIpc) is 3.31. The van der Waals surface area contributed by atoms with Crippen molar-refractivity contribution < 1.29 is 14.3 Å². The Morgan fingerprint density at radius 1 is 0.970 bits per heavy atom. The number of nitrogens with zero attached hydrogens (tertiary/aromatic N) is 4. The van der Waals surface area contributed by atoms with Crippen molar-refractivity contribution >= 4 is 5.91 Å². The van der Waals surface area contributed by atoms with Crippen LogP contribution < -0.4 is 14.8 Å². The molecular formula is C25H25N5O3. The molecule has 0 atom stereocenters. The van der Waals surface area contributed by atoms with Crippen molar-refractivity contribution in [1.29, 1.82) is 0 Å². The summed E-state index contributed by atoms with van der Waals surface area (Å²) in [5, 5.41) is 15.3. The number of hydrogen-bond donors (Lipinski definition) is 1. The highest BCUT2D eigenvalue weighted by Gasteiger charge is 2.13. The molecule has 0 bridgehead atoms. The second-order valence-corrected chi connectivity index (χ2v) is 7.55. The Bertz CT molecular complexity index is 1210. The molecule has 0 radical (unpaired) electrons. The van der Waals surface area contributed by atoms with E-state index in [1.807, 2.05) is 73.7 Å². The SMILES string of the molecule is COc1cc(-c2nnn(CC(=O)NCc3ccc(C)cc3)n2)ccc1OCc1ccccc1. The molecule has 0 unspecified atom stereocenters. The number of aryl methyl sites for hydroxylation is 1. The predicted molar refractivity (Wildman–Crippen MR) is 124 cm³/mol.